The van der Waals surface area contributed by atoms with Crippen molar-refractivity contribution in [3.63, 3.8) is 0 Å². The van der Waals surface area contributed by atoms with Crippen LogP contribution in [-0.2, 0) is 25.8 Å². The molecule has 4 N–H and O–H groups in total. The van der Waals surface area contributed by atoms with Crippen molar-refractivity contribution in [2.24, 2.45) is 0 Å². The first-order valence-corrected chi connectivity index (χ1v) is 2.36. The fourth-order valence-corrected chi connectivity index (χ4v) is 0. The largest absolute Gasteiger partial charge is 0.400 e. The van der Waals surface area contributed by atoms with Gasteiger partial charge in [-0.3, -0.25) is 0 Å². The number of rotatable bonds is 0. The Morgan fingerprint density at radius 2 is 0.800 bits per heavy atom. The van der Waals surface area contributed by atoms with Crippen molar-refractivity contribution >= 4 is 0 Å². The second-order valence-electron chi connectivity index (χ2n) is 0.316. The van der Waals surface area contributed by atoms with Gasteiger partial charge < -0.3 is 20.4 Å². The minimum atomic E-state index is 0. The molecule has 0 spiro atoms. The number of hydrogen-bond donors (Lipinski definition) is 4. The normalized spacial score (nSPS) is 3.60. The molecule has 0 unspecified atom stereocenters. The van der Waals surface area contributed by atoms with Gasteiger partial charge in [0.25, 0.3) is 0 Å². The van der Waals surface area contributed by atoms with Crippen LogP contribution in [0.1, 0.15) is 6.92 Å². The third-order valence-corrected chi connectivity index (χ3v) is 0. The Labute approximate surface area is 81.3 Å². The van der Waals surface area contributed by atoms with Crippen LogP contribution in [0.4, 0.5) is 0 Å². The third-order valence-electron chi connectivity index (χ3n) is 0. The molecule has 0 rings (SSSR count). The van der Waals surface area contributed by atoms with Crippen molar-refractivity contribution in [2.75, 3.05) is 27.9 Å². The Kier molecular flexibility index (Phi) is 780. The van der Waals surface area contributed by atoms with Crippen LogP contribution in [0, 0.1) is 0 Å². The summed E-state index contributed by atoms with van der Waals surface area (Å²) in [6, 6.07) is 0. The van der Waals surface area contributed by atoms with Crippen molar-refractivity contribution in [3.8, 4) is 0 Å². The van der Waals surface area contributed by atoms with E-state index in [1.54, 1.807) is 6.92 Å². The molecule has 66 valence electrons. The fraction of sp³-hybridized carbons (Fsp3) is 1.00. The van der Waals surface area contributed by atoms with Gasteiger partial charge in [0.05, 0.1) is 0 Å². The van der Waals surface area contributed by atoms with E-state index < -0.39 is 0 Å². The molecule has 0 radical (unpaired) electrons. The summed E-state index contributed by atoms with van der Waals surface area (Å²) >= 11 is 0. The van der Waals surface area contributed by atoms with E-state index in [2.05, 4.69) is 0 Å². The van der Waals surface area contributed by atoms with E-state index in [1.807, 2.05) is 0 Å². The molecule has 10 heavy (non-hydrogen) atoms. The number of hydrogen-bond acceptors (Lipinski definition) is 4. The second kappa shape index (κ2) is 252. The first-order chi connectivity index (χ1) is 4.41. The van der Waals surface area contributed by atoms with Gasteiger partial charge in [-0.1, -0.05) is 0 Å². The molecule has 0 aromatic carbocycles. The van der Waals surface area contributed by atoms with Gasteiger partial charge >= 0.3 is 0 Å². The van der Waals surface area contributed by atoms with Gasteiger partial charge in [-0.15, -0.1) is 0 Å². The topological polar surface area (TPSA) is 80.9 Å². The van der Waals surface area contributed by atoms with Crippen LogP contribution in [0.5, 0.6) is 0 Å². The van der Waals surface area contributed by atoms with Crippen LogP contribution in [0.15, 0.2) is 0 Å². The number of aliphatic hydroxyl groups is 4. The average molecular weight is 321 g/mol. The quantitative estimate of drug-likeness (QED) is 0.424. The maximum absolute atomic E-state index is 7.57. The van der Waals surface area contributed by atoms with Gasteiger partial charge in [0.1, 0.15) is 0 Å². The Balaban J connectivity index is -0.0000000110. The predicted octanol–water partition coefficient (Wildman–Crippen LogP) is -1.18. The molecule has 0 bridgehead atoms. The van der Waals surface area contributed by atoms with E-state index in [9.17, 15) is 0 Å². The molecule has 0 heterocycles. The summed E-state index contributed by atoms with van der Waals surface area (Å²) in [5.41, 5.74) is 0. The van der Waals surface area contributed by atoms with E-state index in [0.717, 1.165) is 21.3 Å². The molecule has 4 nitrogen and oxygen atoms in total. The van der Waals surface area contributed by atoms with Gasteiger partial charge in [0.2, 0.25) is 0 Å². The molecule has 0 saturated carbocycles. The molecule has 0 aliphatic heterocycles. The molecular weight excluding hydrogens is 303 g/mol. The van der Waals surface area contributed by atoms with Crippen molar-refractivity contribution in [3.05, 3.63) is 0 Å². The zero-order valence-electron chi connectivity index (χ0n) is 7.00. The van der Waals surface area contributed by atoms with Crippen LogP contribution in [0.2, 0.25) is 0 Å². The van der Waals surface area contributed by atoms with Gasteiger partial charge in [0, 0.05) is 53.8 Å². The zero-order valence-corrected chi connectivity index (χ0v) is 10.6. The molecule has 0 aliphatic carbocycles. The van der Waals surface area contributed by atoms with Gasteiger partial charge in [-0.05, 0) is 6.92 Å². The number of aliphatic hydroxyl groups excluding tert-OH is 4. The van der Waals surface area contributed by atoms with E-state index in [4.69, 9.17) is 20.4 Å². The summed E-state index contributed by atoms with van der Waals surface area (Å²) in [6.45, 7) is 1.93. The Morgan fingerprint density at radius 1 is 0.800 bits per heavy atom. The fourth-order valence-electron chi connectivity index (χ4n) is 0. The minimum Gasteiger partial charge on any atom is -0.400 e. The summed E-state index contributed by atoms with van der Waals surface area (Å²) in [4.78, 5) is 0. The molecule has 0 aliphatic rings. The van der Waals surface area contributed by atoms with Crippen LogP contribution >= 0.6 is 0 Å². The minimum absolute atomic E-state index is 0. The van der Waals surface area contributed by atoms with Gasteiger partial charge in [-0.25, -0.2) is 0 Å². The molecule has 5 heteroatoms. The summed E-state index contributed by atoms with van der Waals surface area (Å²) in [6.07, 6.45) is 0. The van der Waals surface area contributed by atoms with Crippen molar-refractivity contribution < 1.29 is 46.3 Å². The molecule has 0 amide bonds. The summed E-state index contributed by atoms with van der Waals surface area (Å²) in [5, 5.41) is 28.6. The maximum atomic E-state index is 7.57. The average Bonchev–Trinajstić information content (AvgIpc) is 2.01. The first kappa shape index (κ1) is 31.0. The second-order valence-corrected chi connectivity index (χ2v) is 0.316. The maximum Gasteiger partial charge on any atom is 0.0402 e. The van der Waals surface area contributed by atoms with Crippen LogP contribution in [0.25, 0.3) is 0 Å². The zero-order chi connectivity index (χ0) is 8.71. The summed E-state index contributed by atoms with van der Waals surface area (Å²) in [5.74, 6) is 0. The molecule has 0 atom stereocenters. The van der Waals surface area contributed by atoms with Crippen molar-refractivity contribution in [2.45, 2.75) is 6.92 Å². The molecule has 0 fully saturated rings. The Hall–Kier alpha value is 0.710. The third kappa shape index (κ3) is 1030. The van der Waals surface area contributed by atoms with Crippen molar-refractivity contribution in [1.82, 2.24) is 0 Å². The summed E-state index contributed by atoms with van der Waals surface area (Å²) < 4.78 is 0. The van der Waals surface area contributed by atoms with Crippen LogP contribution in [0.3, 0.4) is 0 Å². The van der Waals surface area contributed by atoms with Crippen LogP contribution < -0.4 is 0 Å². The molecular formula is C5H18HfO4. The Morgan fingerprint density at radius 3 is 0.800 bits per heavy atom. The van der Waals surface area contributed by atoms with E-state index >= 15 is 0 Å². The predicted molar refractivity (Wildman–Crippen MR) is 37.2 cm³/mol. The first-order valence-electron chi connectivity index (χ1n) is 2.36. The molecule has 0 aromatic heterocycles. The van der Waals surface area contributed by atoms with Gasteiger partial charge in [0.15, 0.2) is 0 Å². The van der Waals surface area contributed by atoms with Gasteiger partial charge in [-0.2, -0.15) is 0 Å². The van der Waals surface area contributed by atoms with E-state index in [0.29, 0.717) is 0 Å². The SMILES string of the molecule is CCO.CO.CO.CO.[Hf]. The standard InChI is InChI=1S/C2H6O.3CH4O.Hf/c1-2-3;3*1-2;/h3H,2H2,1H3;3*2H,1H3;. The van der Waals surface area contributed by atoms with E-state index in [1.165, 1.54) is 0 Å². The molecule has 0 saturated heterocycles. The summed E-state index contributed by atoms with van der Waals surface area (Å²) in [7, 11) is 3.00. The van der Waals surface area contributed by atoms with Crippen LogP contribution in [-0.4, -0.2) is 48.4 Å². The Bertz CT molecular complexity index is 13.6. The smallest absolute Gasteiger partial charge is 0.0402 e. The molecule has 0 aromatic rings. The van der Waals surface area contributed by atoms with Crippen molar-refractivity contribution in [1.29, 1.82) is 0 Å². The van der Waals surface area contributed by atoms with E-state index in [-0.39, 0.29) is 32.5 Å². The monoisotopic (exact) mass is 322 g/mol.